The minimum Gasteiger partial charge on any atom is -0.508 e. The number of carbonyl (C=O) groups excluding carboxylic acids is 1. The second-order valence-corrected chi connectivity index (χ2v) is 5.75. The number of benzene rings is 2. The van der Waals surface area contributed by atoms with E-state index in [2.05, 4.69) is 0 Å². The summed E-state index contributed by atoms with van der Waals surface area (Å²) in [7, 11) is 0. The Labute approximate surface area is 146 Å². The maximum absolute atomic E-state index is 11.7. The predicted octanol–water partition coefficient (Wildman–Crippen LogP) is 3.40. The molecule has 0 radical (unpaired) electrons. The molecule has 5 heteroatoms. The third kappa shape index (κ3) is 3.56. The molecule has 2 N–H and O–H groups in total. The molecular formula is C20H19NO4. The average molecular weight is 337 g/mol. The summed E-state index contributed by atoms with van der Waals surface area (Å²) in [5.74, 6) is 0.838. The standard InChI is InChI=1S/C20H19NO4/c1-2-3-19-18(13-22)20(15-6-10-17(24)11-7-15)25-21(19)12-14-4-8-16(23)9-5-14/h2-11,13,19,23-24H,12H2,1H3. The Bertz CT molecular complexity index is 807. The molecule has 1 unspecified atom stereocenters. The van der Waals surface area contributed by atoms with Crippen LogP contribution in [0.3, 0.4) is 0 Å². The van der Waals surface area contributed by atoms with Crippen LogP contribution in [0.4, 0.5) is 0 Å². The van der Waals surface area contributed by atoms with Crippen LogP contribution >= 0.6 is 0 Å². The zero-order valence-electron chi connectivity index (χ0n) is 13.8. The lowest BCUT2D eigenvalue weighted by molar-refractivity contribution is -0.107. The molecule has 2 aromatic carbocycles. The van der Waals surface area contributed by atoms with Crippen molar-refractivity contribution in [3.05, 3.63) is 77.4 Å². The maximum atomic E-state index is 11.7. The largest absolute Gasteiger partial charge is 0.508 e. The quantitative estimate of drug-likeness (QED) is 0.646. The van der Waals surface area contributed by atoms with Crippen LogP contribution < -0.4 is 0 Å². The highest BCUT2D eigenvalue weighted by Gasteiger charge is 2.34. The van der Waals surface area contributed by atoms with E-state index in [1.807, 2.05) is 31.2 Å². The van der Waals surface area contributed by atoms with Crippen LogP contribution in [0, 0.1) is 0 Å². The van der Waals surface area contributed by atoms with E-state index in [1.165, 1.54) is 0 Å². The molecule has 1 atom stereocenters. The fourth-order valence-corrected chi connectivity index (χ4v) is 2.77. The molecule has 0 aliphatic carbocycles. The van der Waals surface area contributed by atoms with Crippen molar-refractivity contribution >= 4 is 12.0 Å². The molecule has 128 valence electrons. The van der Waals surface area contributed by atoms with E-state index in [0.29, 0.717) is 17.9 Å². The van der Waals surface area contributed by atoms with Gasteiger partial charge in [-0.2, -0.15) is 0 Å². The normalized spacial score (nSPS) is 17.9. The van der Waals surface area contributed by atoms with Crippen molar-refractivity contribution in [3.8, 4) is 11.5 Å². The molecule has 5 nitrogen and oxygen atoms in total. The molecule has 1 aliphatic heterocycles. The fraction of sp³-hybridized carbons (Fsp3) is 0.150. The highest BCUT2D eigenvalue weighted by atomic mass is 16.7. The molecule has 0 bridgehead atoms. The molecule has 0 saturated heterocycles. The lowest BCUT2D eigenvalue weighted by Crippen LogP contribution is -2.29. The van der Waals surface area contributed by atoms with Gasteiger partial charge in [-0.1, -0.05) is 24.3 Å². The van der Waals surface area contributed by atoms with Crippen LogP contribution in [0.5, 0.6) is 11.5 Å². The van der Waals surface area contributed by atoms with Gasteiger partial charge in [-0.05, 0) is 48.9 Å². The van der Waals surface area contributed by atoms with Gasteiger partial charge in [0.15, 0.2) is 12.0 Å². The molecule has 2 aromatic rings. The Morgan fingerprint density at radius 2 is 1.64 bits per heavy atom. The molecule has 0 spiro atoms. The first kappa shape index (κ1) is 16.8. The molecule has 3 rings (SSSR count). The van der Waals surface area contributed by atoms with Crippen LogP contribution in [0.15, 0.2) is 66.3 Å². The molecular weight excluding hydrogens is 318 g/mol. The summed E-state index contributed by atoms with van der Waals surface area (Å²) in [6.45, 7) is 2.34. The van der Waals surface area contributed by atoms with Gasteiger partial charge in [-0.25, -0.2) is 0 Å². The predicted molar refractivity (Wildman–Crippen MR) is 94.4 cm³/mol. The SMILES string of the molecule is CC=CC1C(C=O)=C(c2ccc(O)cc2)ON1Cc1ccc(O)cc1. The highest BCUT2D eigenvalue weighted by Crippen LogP contribution is 2.34. The van der Waals surface area contributed by atoms with Crippen molar-refractivity contribution in [2.75, 3.05) is 0 Å². The van der Waals surface area contributed by atoms with E-state index >= 15 is 0 Å². The van der Waals surface area contributed by atoms with Gasteiger partial charge >= 0.3 is 0 Å². The number of hydroxylamine groups is 2. The summed E-state index contributed by atoms with van der Waals surface area (Å²) < 4.78 is 0. The number of phenolic OH excluding ortho intramolecular Hbond substituents is 2. The van der Waals surface area contributed by atoms with Crippen LogP contribution in [0.25, 0.3) is 5.76 Å². The number of aldehydes is 1. The van der Waals surface area contributed by atoms with Crippen LogP contribution in [0.2, 0.25) is 0 Å². The van der Waals surface area contributed by atoms with Gasteiger partial charge in [-0.3, -0.25) is 4.79 Å². The van der Waals surface area contributed by atoms with E-state index in [0.717, 1.165) is 17.4 Å². The number of carbonyl (C=O) groups is 1. The molecule has 0 fully saturated rings. The second-order valence-electron chi connectivity index (χ2n) is 5.75. The number of hydrogen-bond donors (Lipinski definition) is 2. The van der Waals surface area contributed by atoms with E-state index < -0.39 is 0 Å². The fourth-order valence-electron chi connectivity index (χ4n) is 2.77. The van der Waals surface area contributed by atoms with Crippen molar-refractivity contribution in [2.24, 2.45) is 0 Å². The van der Waals surface area contributed by atoms with E-state index in [-0.39, 0.29) is 17.5 Å². The first-order valence-corrected chi connectivity index (χ1v) is 7.96. The number of allylic oxidation sites excluding steroid dienone is 1. The zero-order valence-corrected chi connectivity index (χ0v) is 13.8. The average Bonchev–Trinajstić information content (AvgIpc) is 2.95. The smallest absolute Gasteiger partial charge is 0.163 e. The monoisotopic (exact) mass is 337 g/mol. The van der Waals surface area contributed by atoms with Crippen molar-refractivity contribution in [2.45, 2.75) is 19.5 Å². The molecule has 0 amide bonds. The Balaban J connectivity index is 1.92. The molecule has 0 aromatic heterocycles. The summed E-state index contributed by atoms with van der Waals surface area (Å²) in [6.07, 6.45) is 4.59. The minimum absolute atomic E-state index is 0.154. The minimum atomic E-state index is -0.305. The van der Waals surface area contributed by atoms with E-state index in [1.54, 1.807) is 41.5 Å². The number of hydrogen-bond acceptors (Lipinski definition) is 5. The molecule has 1 aliphatic rings. The van der Waals surface area contributed by atoms with Crippen LogP contribution in [0.1, 0.15) is 18.1 Å². The molecule has 0 saturated carbocycles. The first-order valence-electron chi connectivity index (χ1n) is 7.96. The van der Waals surface area contributed by atoms with Crippen LogP contribution in [-0.4, -0.2) is 27.6 Å². The van der Waals surface area contributed by atoms with E-state index in [4.69, 9.17) is 4.84 Å². The van der Waals surface area contributed by atoms with Crippen molar-refractivity contribution in [1.29, 1.82) is 0 Å². The van der Waals surface area contributed by atoms with Gasteiger partial charge in [-0.15, -0.1) is 5.06 Å². The summed E-state index contributed by atoms with van der Waals surface area (Å²) in [5, 5.41) is 20.6. The molecule has 25 heavy (non-hydrogen) atoms. The van der Waals surface area contributed by atoms with Crippen molar-refractivity contribution in [3.63, 3.8) is 0 Å². The Hall–Kier alpha value is -3.05. The lowest BCUT2D eigenvalue weighted by Gasteiger charge is -2.21. The first-order chi connectivity index (χ1) is 12.1. The second kappa shape index (κ2) is 7.23. The van der Waals surface area contributed by atoms with Crippen LogP contribution in [-0.2, 0) is 16.2 Å². The summed E-state index contributed by atoms with van der Waals surface area (Å²) in [5.41, 5.74) is 2.20. The van der Waals surface area contributed by atoms with Gasteiger partial charge < -0.3 is 15.1 Å². The van der Waals surface area contributed by atoms with Gasteiger partial charge in [0.1, 0.15) is 11.5 Å². The Morgan fingerprint density at radius 3 is 2.20 bits per heavy atom. The lowest BCUT2D eigenvalue weighted by atomic mass is 10.0. The third-order valence-corrected chi connectivity index (χ3v) is 4.01. The number of aromatic hydroxyl groups is 2. The van der Waals surface area contributed by atoms with Crippen molar-refractivity contribution < 1.29 is 19.8 Å². The summed E-state index contributed by atoms with van der Waals surface area (Å²) in [4.78, 5) is 17.7. The molecule has 1 heterocycles. The van der Waals surface area contributed by atoms with Gasteiger partial charge in [0, 0.05) is 5.56 Å². The van der Waals surface area contributed by atoms with Gasteiger partial charge in [0.05, 0.1) is 18.2 Å². The summed E-state index contributed by atoms with van der Waals surface area (Å²) in [6, 6.07) is 13.1. The Morgan fingerprint density at radius 1 is 1.04 bits per heavy atom. The number of rotatable bonds is 5. The van der Waals surface area contributed by atoms with Crippen molar-refractivity contribution in [1.82, 2.24) is 5.06 Å². The number of nitrogens with zero attached hydrogens (tertiary/aromatic N) is 1. The maximum Gasteiger partial charge on any atom is 0.163 e. The van der Waals surface area contributed by atoms with Gasteiger partial charge in [0.2, 0.25) is 0 Å². The summed E-state index contributed by atoms with van der Waals surface area (Å²) >= 11 is 0. The van der Waals surface area contributed by atoms with E-state index in [9.17, 15) is 15.0 Å². The Kier molecular flexibility index (Phi) is 4.86. The topological polar surface area (TPSA) is 70.0 Å². The third-order valence-electron chi connectivity index (χ3n) is 4.01. The zero-order chi connectivity index (χ0) is 17.8. The van der Waals surface area contributed by atoms with Gasteiger partial charge in [0.25, 0.3) is 0 Å². The number of phenols is 2. The highest BCUT2D eigenvalue weighted by molar-refractivity contribution is 5.89.